The molecule has 1 aliphatic rings. The summed E-state index contributed by atoms with van der Waals surface area (Å²) in [5.41, 5.74) is 0. The smallest absolute Gasteiger partial charge is 0.249 e. The lowest BCUT2D eigenvalue weighted by Gasteiger charge is -2.40. The van der Waals surface area contributed by atoms with Crippen molar-refractivity contribution >= 4 is 5.91 Å². The zero-order valence-corrected chi connectivity index (χ0v) is 31.1. The Morgan fingerprint density at radius 1 is 0.680 bits per heavy atom. The van der Waals surface area contributed by atoms with E-state index in [9.17, 15) is 40.5 Å². The summed E-state index contributed by atoms with van der Waals surface area (Å²) in [6.07, 6.45) is 18.2. The van der Waals surface area contributed by atoms with Crippen molar-refractivity contribution in [3.8, 4) is 0 Å². The molecule has 1 rings (SSSR count). The summed E-state index contributed by atoms with van der Waals surface area (Å²) in [5.74, 6) is -0.727. The first kappa shape index (κ1) is 46.6. The molecule has 11 nitrogen and oxygen atoms in total. The fourth-order valence-electron chi connectivity index (χ4n) is 6.08. The molecule has 1 heterocycles. The molecular formula is C39H73NO10. The Labute approximate surface area is 302 Å². The third kappa shape index (κ3) is 20.6. The van der Waals surface area contributed by atoms with Crippen molar-refractivity contribution in [3.05, 3.63) is 24.3 Å². The first-order valence-electron chi connectivity index (χ1n) is 19.7. The molecule has 0 saturated carbocycles. The van der Waals surface area contributed by atoms with Gasteiger partial charge in [0, 0.05) is 0 Å². The van der Waals surface area contributed by atoms with E-state index in [1.807, 2.05) is 0 Å². The van der Waals surface area contributed by atoms with Gasteiger partial charge in [-0.15, -0.1) is 0 Å². The van der Waals surface area contributed by atoms with Crippen molar-refractivity contribution in [2.45, 2.75) is 204 Å². The lowest BCUT2D eigenvalue weighted by molar-refractivity contribution is -0.303. The highest BCUT2D eigenvalue weighted by atomic mass is 16.7. The Balaban J connectivity index is 2.61. The number of rotatable bonds is 31. The highest BCUT2D eigenvalue weighted by molar-refractivity contribution is 5.80. The molecule has 1 fully saturated rings. The van der Waals surface area contributed by atoms with Crippen LogP contribution in [0.3, 0.4) is 0 Å². The van der Waals surface area contributed by atoms with Crippen LogP contribution in [-0.4, -0.2) is 110 Å². The Hall–Kier alpha value is -1.41. The fraction of sp³-hybridized carbons (Fsp3) is 0.872. The molecule has 294 valence electrons. The second kappa shape index (κ2) is 30.1. The molecule has 0 bridgehead atoms. The van der Waals surface area contributed by atoms with Gasteiger partial charge in [0.1, 0.15) is 36.6 Å². The molecule has 11 heteroatoms. The zero-order chi connectivity index (χ0) is 37.0. The standard InChI is InChI=1S/C39H73NO10/c1-3-5-7-9-11-13-15-17-19-21-23-25-27-32(43)38(48)40-30(29-49-39-37(47)36(46)35(45)33(28-41)50-39)34(44)31(42)26-24-22-20-18-16-14-12-10-8-6-4-2/h17-20,30-37,39,41-47H,3-16,21-29H2,1-2H3,(H,40,48)/b19-17-,20-18+. The van der Waals surface area contributed by atoms with Gasteiger partial charge in [-0.25, -0.2) is 0 Å². The van der Waals surface area contributed by atoms with E-state index in [1.165, 1.54) is 70.6 Å². The number of ether oxygens (including phenoxy) is 2. The maximum atomic E-state index is 13.0. The lowest BCUT2D eigenvalue weighted by Crippen LogP contribution is -2.60. The Morgan fingerprint density at radius 2 is 1.18 bits per heavy atom. The lowest BCUT2D eigenvalue weighted by atomic mass is 9.98. The van der Waals surface area contributed by atoms with E-state index in [0.717, 1.165) is 38.5 Å². The topological polar surface area (TPSA) is 189 Å². The van der Waals surface area contributed by atoms with Crippen LogP contribution in [0.5, 0.6) is 0 Å². The molecule has 1 aliphatic heterocycles. The monoisotopic (exact) mass is 716 g/mol. The predicted octanol–water partition coefficient (Wildman–Crippen LogP) is 4.71. The summed E-state index contributed by atoms with van der Waals surface area (Å²) < 4.78 is 11.0. The van der Waals surface area contributed by atoms with Crippen molar-refractivity contribution in [2.24, 2.45) is 0 Å². The van der Waals surface area contributed by atoms with Gasteiger partial charge in [0.2, 0.25) is 5.91 Å². The van der Waals surface area contributed by atoms with Crippen molar-refractivity contribution in [1.29, 1.82) is 0 Å². The highest BCUT2D eigenvalue weighted by Crippen LogP contribution is 2.23. The summed E-state index contributed by atoms with van der Waals surface area (Å²) in [6.45, 7) is 3.34. The summed E-state index contributed by atoms with van der Waals surface area (Å²) in [7, 11) is 0. The molecule has 0 aliphatic carbocycles. The van der Waals surface area contributed by atoms with E-state index in [4.69, 9.17) is 9.47 Å². The van der Waals surface area contributed by atoms with Gasteiger partial charge in [-0.1, -0.05) is 109 Å². The number of hydrogen-bond donors (Lipinski definition) is 8. The van der Waals surface area contributed by atoms with Crippen LogP contribution in [0.15, 0.2) is 24.3 Å². The largest absolute Gasteiger partial charge is 0.394 e. The molecule has 1 saturated heterocycles. The van der Waals surface area contributed by atoms with Crippen LogP contribution in [-0.2, 0) is 14.3 Å². The summed E-state index contributed by atoms with van der Waals surface area (Å²) in [6, 6.07) is -1.19. The zero-order valence-electron chi connectivity index (χ0n) is 31.1. The maximum absolute atomic E-state index is 13.0. The number of aliphatic hydroxyl groups excluding tert-OH is 7. The van der Waals surface area contributed by atoms with Gasteiger partial charge < -0.3 is 50.5 Å². The van der Waals surface area contributed by atoms with Crippen LogP contribution in [0.1, 0.15) is 149 Å². The van der Waals surface area contributed by atoms with Gasteiger partial charge in [0.05, 0.1) is 25.4 Å². The summed E-state index contributed by atoms with van der Waals surface area (Å²) in [5, 5.41) is 75.1. The van der Waals surface area contributed by atoms with E-state index in [2.05, 4.69) is 43.5 Å². The number of amides is 1. The quantitative estimate of drug-likeness (QED) is 0.0369. The van der Waals surface area contributed by atoms with Crippen LogP contribution < -0.4 is 5.32 Å². The van der Waals surface area contributed by atoms with Crippen molar-refractivity contribution < 1.29 is 50.0 Å². The van der Waals surface area contributed by atoms with Gasteiger partial charge >= 0.3 is 0 Å². The van der Waals surface area contributed by atoms with Crippen LogP contribution in [0, 0.1) is 0 Å². The van der Waals surface area contributed by atoms with E-state index >= 15 is 0 Å². The fourth-order valence-corrected chi connectivity index (χ4v) is 6.08. The minimum atomic E-state index is -1.67. The Bertz CT molecular complexity index is 872. The third-order valence-corrected chi connectivity index (χ3v) is 9.48. The van der Waals surface area contributed by atoms with Crippen LogP contribution in [0.4, 0.5) is 0 Å². The summed E-state index contributed by atoms with van der Waals surface area (Å²) >= 11 is 0. The maximum Gasteiger partial charge on any atom is 0.249 e. The van der Waals surface area contributed by atoms with Crippen molar-refractivity contribution in [3.63, 3.8) is 0 Å². The normalized spacial score (nSPS) is 23.7. The number of carbonyl (C=O) groups is 1. The SMILES string of the molecule is CCCCCCCC/C=C\CCCCC(O)C(=O)NC(COC1OC(CO)C(O)C(O)C1O)C(O)C(O)CCC/C=C/CCCCCCCC. The van der Waals surface area contributed by atoms with Crippen LogP contribution >= 0.6 is 0 Å². The second-order valence-corrected chi connectivity index (χ2v) is 14.0. The molecule has 50 heavy (non-hydrogen) atoms. The first-order chi connectivity index (χ1) is 24.2. The van der Waals surface area contributed by atoms with E-state index in [0.29, 0.717) is 12.8 Å². The molecular weight excluding hydrogens is 642 g/mol. The minimum Gasteiger partial charge on any atom is -0.394 e. The van der Waals surface area contributed by atoms with Crippen molar-refractivity contribution in [2.75, 3.05) is 13.2 Å². The van der Waals surface area contributed by atoms with Gasteiger partial charge in [-0.3, -0.25) is 4.79 Å². The Kier molecular flexibility index (Phi) is 28.1. The molecule has 0 spiro atoms. The molecule has 0 aromatic carbocycles. The average Bonchev–Trinajstić information content (AvgIpc) is 3.11. The molecule has 0 radical (unpaired) electrons. The molecule has 0 aromatic heterocycles. The van der Waals surface area contributed by atoms with Gasteiger partial charge in [-0.05, 0) is 64.2 Å². The second-order valence-electron chi connectivity index (χ2n) is 14.0. The van der Waals surface area contributed by atoms with Crippen LogP contribution in [0.25, 0.3) is 0 Å². The first-order valence-corrected chi connectivity index (χ1v) is 19.7. The van der Waals surface area contributed by atoms with Crippen LogP contribution in [0.2, 0.25) is 0 Å². The number of aliphatic hydroxyl groups is 7. The molecule has 9 unspecified atom stereocenters. The van der Waals surface area contributed by atoms with E-state index in [-0.39, 0.29) is 12.8 Å². The molecule has 0 aromatic rings. The number of carbonyl (C=O) groups excluding carboxylic acids is 1. The minimum absolute atomic E-state index is 0.223. The number of unbranched alkanes of at least 4 members (excludes halogenated alkanes) is 15. The highest BCUT2D eigenvalue weighted by Gasteiger charge is 2.44. The van der Waals surface area contributed by atoms with Gasteiger partial charge in [0.15, 0.2) is 6.29 Å². The predicted molar refractivity (Wildman–Crippen MR) is 196 cm³/mol. The molecule has 9 atom stereocenters. The van der Waals surface area contributed by atoms with Gasteiger partial charge in [-0.2, -0.15) is 0 Å². The average molecular weight is 716 g/mol. The molecule has 1 amide bonds. The van der Waals surface area contributed by atoms with E-state index < -0.39 is 74.2 Å². The number of nitrogens with one attached hydrogen (secondary N) is 1. The summed E-state index contributed by atoms with van der Waals surface area (Å²) in [4.78, 5) is 13.0. The van der Waals surface area contributed by atoms with E-state index in [1.54, 1.807) is 0 Å². The van der Waals surface area contributed by atoms with Gasteiger partial charge in [0.25, 0.3) is 0 Å². The Morgan fingerprint density at radius 3 is 1.72 bits per heavy atom. The van der Waals surface area contributed by atoms with Crippen molar-refractivity contribution in [1.82, 2.24) is 5.32 Å². The number of allylic oxidation sites excluding steroid dienone is 4. The molecule has 8 N–H and O–H groups in total. The number of hydrogen-bond acceptors (Lipinski definition) is 10. The third-order valence-electron chi connectivity index (χ3n) is 9.48.